The van der Waals surface area contributed by atoms with E-state index in [9.17, 15) is 4.79 Å². The fraction of sp³-hybridized carbons (Fsp3) is 0.364. The monoisotopic (exact) mass is 272 g/mol. The van der Waals surface area contributed by atoms with Crippen LogP contribution in [0.1, 0.15) is 30.7 Å². The summed E-state index contributed by atoms with van der Waals surface area (Å²) in [4.78, 5) is 11.5. The Labute approximate surface area is 96.6 Å². The van der Waals surface area contributed by atoms with E-state index in [1.54, 1.807) is 0 Å². The lowest BCUT2D eigenvalue weighted by molar-refractivity contribution is -0.118. The molecule has 74 valence electrons. The van der Waals surface area contributed by atoms with Crippen molar-refractivity contribution in [1.82, 2.24) is 0 Å². The Hall–Kier alpha value is -0.340. The molecule has 0 bridgehead atoms. The highest BCUT2D eigenvalue weighted by atomic mass is 79.9. The average molecular weight is 274 g/mol. The second kappa shape index (κ2) is 4.03. The minimum Gasteiger partial charge on any atom is -0.299 e. The van der Waals surface area contributed by atoms with Crippen LogP contribution in [0, 0.1) is 0 Å². The molecule has 1 aliphatic carbocycles. The van der Waals surface area contributed by atoms with E-state index < -0.39 is 0 Å². The van der Waals surface area contributed by atoms with Gasteiger partial charge in [-0.05, 0) is 46.5 Å². The van der Waals surface area contributed by atoms with Crippen LogP contribution in [0.25, 0.3) is 0 Å². The van der Waals surface area contributed by atoms with Gasteiger partial charge in [-0.3, -0.25) is 4.79 Å². The third-order valence-corrected chi connectivity index (χ3v) is 3.88. The van der Waals surface area contributed by atoms with Gasteiger partial charge >= 0.3 is 0 Å². The van der Waals surface area contributed by atoms with E-state index in [1.807, 2.05) is 18.2 Å². The topological polar surface area (TPSA) is 17.1 Å². The molecule has 1 saturated carbocycles. The number of Topliss-reactive ketones (excluding diaryl/α,β-unsaturated/α-hetero) is 1. The highest BCUT2D eigenvalue weighted by Gasteiger charge is 2.25. The van der Waals surface area contributed by atoms with E-state index in [0.717, 1.165) is 29.3 Å². The Balaban J connectivity index is 2.32. The molecule has 1 unspecified atom stereocenters. The largest absolute Gasteiger partial charge is 0.299 e. The quantitative estimate of drug-likeness (QED) is 0.757. The number of benzene rings is 1. The smallest absolute Gasteiger partial charge is 0.140 e. The van der Waals surface area contributed by atoms with Gasteiger partial charge in [0.05, 0.1) is 5.02 Å². The van der Waals surface area contributed by atoms with Gasteiger partial charge in [0.15, 0.2) is 0 Å². The Morgan fingerprint density at radius 3 is 2.79 bits per heavy atom. The number of hydrogen-bond acceptors (Lipinski definition) is 1. The third kappa shape index (κ3) is 1.86. The first-order valence-electron chi connectivity index (χ1n) is 4.66. The van der Waals surface area contributed by atoms with Crippen molar-refractivity contribution in [1.29, 1.82) is 0 Å². The van der Waals surface area contributed by atoms with Crippen LogP contribution in [0.4, 0.5) is 0 Å². The zero-order chi connectivity index (χ0) is 10.1. The summed E-state index contributed by atoms with van der Waals surface area (Å²) in [7, 11) is 0. The minimum absolute atomic E-state index is 0.0839. The van der Waals surface area contributed by atoms with Gasteiger partial charge in [-0.25, -0.2) is 0 Å². The summed E-state index contributed by atoms with van der Waals surface area (Å²) in [5.41, 5.74) is 1.06. The van der Waals surface area contributed by atoms with Crippen LogP contribution in [-0.2, 0) is 4.79 Å². The molecule has 1 aliphatic rings. The van der Waals surface area contributed by atoms with Gasteiger partial charge in [0.1, 0.15) is 5.78 Å². The van der Waals surface area contributed by atoms with E-state index >= 15 is 0 Å². The Bertz CT molecular complexity index is 376. The second-order valence-corrected chi connectivity index (χ2v) is 4.85. The van der Waals surface area contributed by atoms with Gasteiger partial charge in [0, 0.05) is 16.8 Å². The summed E-state index contributed by atoms with van der Waals surface area (Å²) < 4.78 is 0.883. The molecule has 0 amide bonds. The van der Waals surface area contributed by atoms with Crippen molar-refractivity contribution in [2.75, 3.05) is 0 Å². The van der Waals surface area contributed by atoms with E-state index in [0.29, 0.717) is 10.8 Å². The number of hydrogen-bond donors (Lipinski definition) is 0. The second-order valence-electron chi connectivity index (χ2n) is 3.58. The van der Waals surface area contributed by atoms with Gasteiger partial charge in [0.25, 0.3) is 0 Å². The van der Waals surface area contributed by atoms with Crippen molar-refractivity contribution in [2.45, 2.75) is 25.2 Å². The Morgan fingerprint density at radius 1 is 1.43 bits per heavy atom. The molecule has 2 rings (SSSR count). The maximum absolute atomic E-state index is 11.5. The lowest BCUT2D eigenvalue weighted by Gasteiger charge is -2.08. The van der Waals surface area contributed by atoms with Gasteiger partial charge in [-0.1, -0.05) is 17.7 Å². The van der Waals surface area contributed by atoms with Gasteiger partial charge in [-0.15, -0.1) is 0 Å². The molecule has 1 aromatic rings. The number of rotatable bonds is 1. The Morgan fingerprint density at radius 2 is 2.21 bits per heavy atom. The first-order chi connectivity index (χ1) is 6.68. The molecular weight excluding hydrogens is 263 g/mol. The van der Waals surface area contributed by atoms with E-state index in [4.69, 9.17) is 11.6 Å². The van der Waals surface area contributed by atoms with Crippen molar-refractivity contribution in [3.05, 3.63) is 33.3 Å². The van der Waals surface area contributed by atoms with Gasteiger partial charge < -0.3 is 0 Å². The summed E-state index contributed by atoms with van der Waals surface area (Å²) in [6, 6.07) is 5.77. The van der Waals surface area contributed by atoms with Crippen LogP contribution < -0.4 is 0 Å². The van der Waals surface area contributed by atoms with Crippen LogP contribution in [0.3, 0.4) is 0 Å². The van der Waals surface area contributed by atoms with Crippen LogP contribution in [-0.4, -0.2) is 5.78 Å². The fourth-order valence-electron chi connectivity index (χ4n) is 1.90. The molecule has 0 heterocycles. The first kappa shape index (κ1) is 10.2. The number of carbonyl (C=O) groups excluding carboxylic acids is 1. The molecular formula is C11H10BrClO. The van der Waals surface area contributed by atoms with Crippen molar-refractivity contribution in [3.63, 3.8) is 0 Å². The molecule has 1 fully saturated rings. The first-order valence-corrected chi connectivity index (χ1v) is 5.83. The summed E-state index contributed by atoms with van der Waals surface area (Å²) in [5.74, 6) is 0.434. The zero-order valence-corrected chi connectivity index (χ0v) is 9.94. The van der Waals surface area contributed by atoms with Crippen molar-refractivity contribution in [3.8, 4) is 0 Å². The number of halogens is 2. The molecule has 3 heteroatoms. The maximum Gasteiger partial charge on any atom is 0.140 e. The SMILES string of the molecule is O=C1CCCC1c1ccc(Br)c(Cl)c1. The Kier molecular flexibility index (Phi) is 2.93. The fourth-order valence-corrected chi connectivity index (χ4v) is 2.33. The van der Waals surface area contributed by atoms with E-state index in [1.165, 1.54) is 0 Å². The normalized spacial score (nSPS) is 21.6. The molecule has 0 aliphatic heterocycles. The molecule has 0 aromatic heterocycles. The lowest BCUT2D eigenvalue weighted by Crippen LogP contribution is -2.03. The van der Waals surface area contributed by atoms with Gasteiger partial charge in [-0.2, -0.15) is 0 Å². The van der Waals surface area contributed by atoms with Gasteiger partial charge in [0.2, 0.25) is 0 Å². The molecule has 0 spiro atoms. The molecule has 0 radical (unpaired) electrons. The summed E-state index contributed by atoms with van der Waals surface area (Å²) in [6.45, 7) is 0. The third-order valence-electron chi connectivity index (χ3n) is 2.65. The van der Waals surface area contributed by atoms with Crippen LogP contribution in [0.5, 0.6) is 0 Å². The highest BCUT2D eigenvalue weighted by molar-refractivity contribution is 9.10. The lowest BCUT2D eigenvalue weighted by atomic mass is 9.97. The van der Waals surface area contributed by atoms with Crippen molar-refractivity contribution < 1.29 is 4.79 Å². The van der Waals surface area contributed by atoms with E-state index in [-0.39, 0.29) is 5.92 Å². The van der Waals surface area contributed by atoms with Crippen molar-refractivity contribution >= 4 is 33.3 Å². The molecule has 14 heavy (non-hydrogen) atoms. The van der Waals surface area contributed by atoms with Crippen LogP contribution in [0.15, 0.2) is 22.7 Å². The van der Waals surface area contributed by atoms with Crippen LogP contribution >= 0.6 is 27.5 Å². The zero-order valence-electron chi connectivity index (χ0n) is 7.59. The predicted octanol–water partition coefficient (Wildman–Crippen LogP) is 3.94. The van der Waals surface area contributed by atoms with E-state index in [2.05, 4.69) is 15.9 Å². The predicted molar refractivity (Wildman–Crippen MR) is 60.8 cm³/mol. The van der Waals surface area contributed by atoms with Crippen molar-refractivity contribution in [2.24, 2.45) is 0 Å². The number of ketones is 1. The summed E-state index contributed by atoms with van der Waals surface area (Å²) in [5, 5.41) is 0.683. The van der Waals surface area contributed by atoms with Crippen LogP contribution in [0.2, 0.25) is 5.02 Å². The summed E-state index contributed by atoms with van der Waals surface area (Å²) in [6.07, 6.45) is 2.70. The maximum atomic E-state index is 11.5. The standard InChI is InChI=1S/C11H10BrClO/c12-9-5-4-7(6-10(9)13)8-2-1-3-11(8)14/h4-6,8H,1-3H2. The molecule has 1 nitrogen and oxygen atoms in total. The molecule has 0 N–H and O–H groups in total. The molecule has 1 aromatic carbocycles. The summed E-state index contributed by atoms with van der Waals surface area (Å²) >= 11 is 9.32. The number of carbonyl (C=O) groups is 1. The average Bonchev–Trinajstić information content (AvgIpc) is 2.57. The minimum atomic E-state index is 0.0839. The molecule has 0 saturated heterocycles. The highest BCUT2D eigenvalue weighted by Crippen LogP contribution is 2.34. The molecule has 1 atom stereocenters.